The zero-order valence-electron chi connectivity index (χ0n) is 13.8. The molecule has 1 heterocycles. The number of nitrogens with one attached hydrogen (secondary N) is 1. The number of carbonyl (C=O) groups is 1. The van der Waals surface area contributed by atoms with E-state index in [2.05, 4.69) is 21.8 Å². The standard InChI is InChI=1S/C19H18FN3OS/c1-2-3-4-13-5-11-16(12-6-13)21-19(24)18-17(22-23-25-18)14-7-9-15(20)10-8-14/h5-12H,2-4H2,1H3,(H,21,24). The molecule has 6 heteroatoms. The normalized spacial score (nSPS) is 10.6. The van der Waals surface area contributed by atoms with Crippen molar-refractivity contribution in [2.24, 2.45) is 0 Å². The highest BCUT2D eigenvalue weighted by molar-refractivity contribution is 7.08. The minimum absolute atomic E-state index is 0.268. The molecule has 3 aromatic rings. The van der Waals surface area contributed by atoms with Crippen molar-refractivity contribution in [3.05, 3.63) is 64.8 Å². The lowest BCUT2D eigenvalue weighted by molar-refractivity contribution is 0.103. The van der Waals surface area contributed by atoms with Crippen LogP contribution in [0.3, 0.4) is 0 Å². The summed E-state index contributed by atoms with van der Waals surface area (Å²) in [6.07, 6.45) is 3.35. The third-order valence-corrected chi connectivity index (χ3v) is 4.57. The van der Waals surface area contributed by atoms with Gasteiger partial charge in [-0.3, -0.25) is 4.79 Å². The van der Waals surface area contributed by atoms with Crippen LogP contribution >= 0.6 is 11.5 Å². The Morgan fingerprint density at radius 3 is 2.52 bits per heavy atom. The van der Waals surface area contributed by atoms with Crippen LogP contribution in [0, 0.1) is 5.82 Å². The fraction of sp³-hybridized carbons (Fsp3) is 0.211. The van der Waals surface area contributed by atoms with Gasteiger partial charge in [0.2, 0.25) is 0 Å². The van der Waals surface area contributed by atoms with Crippen LogP contribution in [-0.4, -0.2) is 15.5 Å². The predicted octanol–water partition coefficient (Wildman–Crippen LogP) is 4.94. The van der Waals surface area contributed by atoms with Gasteiger partial charge < -0.3 is 5.32 Å². The lowest BCUT2D eigenvalue weighted by Crippen LogP contribution is -2.11. The number of carbonyl (C=O) groups excluding carboxylic acids is 1. The summed E-state index contributed by atoms with van der Waals surface area (Å²) in [4.78, 5) is 12.9. The first kappa shape index (κ1) is 17.2. The van der Waals surface area contributed by atoms with Crippen LogP contribution in [0.4, 0.5) is 10.1 Å². The number of benzene rings is 2. The van der Waals surface area contributed by atoms with Gasteiger partial charge in [-0.25, -0.2) is 4.39 Å². The summed E-state index contributed by atoms with van der Waals surface area (Å²) in [6, 6.07) is 13.7. The summed E-state index contributed by atoms with van der Waals surface area (Å²) < 4.78 is 16.9. The van der Waals surface area contributed by atoms with Gasteiger partial charge >= 0.3 is 0 Å². The van der Waals surface area contributed by atoms with Crippen molar-refractivity contribution in [2.75, 3.05) is 5.32 Å². The molecule has 1 N–H and O–H groups in total. The molecule has 0 unspecified atom stereocenters. The summed E-state index contributed by atoms with van der Waals surface area (Å²) in [7, 11) is 0. The van der Waals surface area contributed by atoms with E-state index in [1.54, 1.807) is 12.1 Å². The monoisotopic (exact) mass is 355 g/mol. The number of nitrogens with zero attached hydrogens (tertiary/aromatic N) is 2. The second kappa shape index (κ2) is 7.98. The number of aromatic nitrogens is 2. The maximum absolute atomic E-state index is 13.1. The molecular formula is C19H18FN3OS. The molecule has 1 amide bonds. The molecule has 0 aliphatic carbocycles. The van der Waals surface area contributed by atoms with Gasteiger partial charge in [0.05, 0.1) is 0 Å². The van der Waals surface area contributed by atoms with Crippen molar-refractivity contribution in [2.45, 2.75) is 26.2 Å². The summed E-state index contributed by atoms with van der Waals surface area (Å²) in [5, 5.41) is 6.88. The predicted molar refractivity (Wildman–Crippen MR) is 98.3 cm³/mol. The maximum atomic E-state index is 13.1. The van der Waals surface area contributed by atoms with Crippen LogP contribution in [0.5, 0.6) is 0 Å². The van der Waals surface area contributed by atoms with Crippen LogP contribution in [0.25, 0.3) is 11.3 Å². The van der Waals surface area contributed by atoms with Crippen molar-refractivity contribution < 1.29 is 9.18 Å². The van der Waals surface area contributed by atoms with E-state index >= 15 is 0 Å². The van der Waals surface area contributed by atoms with E-state index in [0.717, 1.165) is 36.5 Å². The van der Waals surface area contributed by atoms with Gasteiger partial charge in [0.1, 0.15) is 16.4 Å². The Hall–Kier alpha value is -2.60. The number of hydrogen-bond acceptors (Lipinski definition) is 4. The SMILES string of the molecule is CCCCc1ccc(NC(=O)c2snnc2-c2ccc(F)cc2)cc1. The fourth-order valence-electron chi connectivity index (χ4n) is 2.46. The van der Waals surface area contributed by atoms with Gasteiger partial charge in [-0.2, -0.15) is 0 Å². The number of hydrogen-bond donors (Lipinski definition) is 1. The Morgan fingerprint density at radius 2 is 1.84 bits per heavy atom. The van der Waals surface area contributed by atoms with Crippen LogP contribution < -0.4 is 5.32 Å². The van der Waals surface area contributed by atoms with Crippen molar-refractivity contribution in [3.8, 4) is 11.3 Å². The Bertz CT molecular complexity index is 844. The molecule has 0 fully saturated rings. The second-order valence-corrected chi connectivity index (χ2v) is 6.47. The van der Waals surface area contributed by atoms with Crippen molar-refractivity contribution in [1.82, 2.24) is 9.59 Å². The number of anilines is 1. The summed E-state index contributed by atoms with van der Waals surface area (Å²) >= 11 is 1.02. The summed E-state index contributed by atoms with van der Waals surface area (Å²) in [5.41, 5.74) is 3.10. The van der Waals surface area contributed by atoms with Gasteiger partial charge in [-0.05, 0) is 66.3 Å². The summed E-state index contributed by atoms with van der Waals surface area (Å²) in [6.45, 7) is 2.16. The number of amides is 1. The van der Waals surface area contributed by atoms with Gasteiger partial charge in [0.25, 0.3) is 5.91 Å². The Balaban J connectivity index is 1.74. The number of aryl methyl sites for hydroxylation is 1. The lowest BCUT2D eigenvalue weighted by Gasteiger charge is -2.06. The van der Waals surface area contributed by atoms with Crippen LogP contribution in [0.15, 0.2) is 48.5 Å². The zero-order chi connectivity index (χ0) is 17.6. The van der Waals surface area contributed by atoms with E-state index in [-0.39, 0.29) is 11.7 Å². The van der Waals surface area contributed by atoms with Crippen LogP contribution in [0.2, 0.25) is 0 Å². The molecule has 3 rings (SSSR count). The van der Waals surface area contributed by atoms with Gasteiger partial charge in [-0.1, -0.05) is 30.0 Å². The van der Waals surface area contributed by atoms with E-state index in [9.17, 15) is 9.18 Å². The van der Waals surface area contributed by atoms with Crippen LogP contribution in [-0.2, 0) is 6.42 Å². The molecule has 2 aromatic carbocycles. The molecule has 1 aromatic heterocycles. The highest BCUT2D eigenvalue weighted by Gasteiger charge is 2.18. The molecule has 4 nitrogen and oxygen atoms in total. The molecule has 0 spiro atoms. The van der Waals surface area contributed by atoms with E-state index in [0.29, 0.717) is 16.1 Å². The molecule has 25 heavy (non-hydrogen) atoms. The average Bonchev–Trinajstić information content (AvgIpc) is 3.11. The fourth-order valence-corrected chi connectivity index (χ4v) is 3.04. The van der Waals surface area contributed by atoms with Crippen molar-refractivity contribution >= 4 is 23.1 Å². The van der Waals surface area contributed by atoms with E-state index in [1.807, 2.05) is 24.3 Å². The zero-order valence-corrected chi connectivity index (χ0v) is 14.6. The Morgan fingerprint density at radius 1 is 1.12 bits per heavy atom. The maximum Gasteiger partial charge on any atom is 0.269 e. The quantitative estimate of drug-likeness (QED) is 0.681. The third kappa shape index (κ3) is 4.28. The Kier molecular flexibility index (Phi) is 5.50. The van der Waals surface area contributed by atoms with E-state index in [4.69, 9.17) is 0 Å². The molecule has 0 aliphatic heterocycles. The molecule has 128 valence electrons. The minimum Gasteiger partial charge on any atom is -0.321 e. The molecule has 0 radical (unpaired) electrons. The van der Waals surface area contributed by atoms with Crippen LogP contribution in [0.1, 0.15) is 35.0 Å². The first-order valence-electron chi connectivity index (χ1n) is 8.16. The highest BCUT2D eigenvalue weighted by Crippen LogP contribution is 2.25. The molecule has 0 atom stereocenters. The second-order valence-electron chi connectivity index (χ2n) is 5.71. The van der Waals surface area contributed by atoms with Gasteiger partial charge in [-0.15, -0.1) is 5.10 Å². The van der Waals surface area contributed by atoms with Crippen molar-refractivity contribution in [1.29, 1.82) is 0 Å². The Labute approximate surface area is 149 Å². The molecule has 0 saturated heterocycles. The first-order valence-corrected chi connectivity index (χ1v) is 8.93. The number of rotatable bonds is 6. The van der Waals surface area contributed by atoms with Gasteiger partial charge in [0.15, 0.2) is 0 Å². The minimum atomic E-state index is -0.332. The van der Waals surface area contributed by atoms with E-state index < -0.39 is 0 Å². The first-order chi connectivity index (χ1) is 12.2. The van der Waals surface area contributed by atoms with Gasteiger partial charge in [0, 0.05) is 11.3 Å². The molecule has 0 bridgehead atoms. The van der Waals surface area contributed by atoms with E-state index in [1.165, 1.54) is 17.7 Å². The smallest absolute Gasteiger partial charge is 0.269 e. The molecule has 0 saturated carbocycles. The number of unbranched alkanes of at least 4 members (excludes halogenated alkanes) is 1. The average molecular weight is 355 g/mol. The molecule has 0 aliphatic rings. The lowest BCUT2D eigenvalue weighted by atomic mass is 10.1. The third-order valence-electron chi connectivity index (χ3n) is 3.84. The topological polar surface area (TPSA) is 54.9 Å². The number of halogens is 1. The summed E-state index contributed by atoms with van der Waals surface area (Å²) in [5.74, 6) is -0.600. The largest absolute Gasteiger partial charge is 0.321 e. The molecular weight excluding hydrogens is 337 g/mol. The highest BCUT2D eigenvalue weighted by atomic mass is 32.1. The van der Waals surface area contributed by atoms with Crippen molar-refractivity contribution in [3.63, 3.8) is 0 Å².